The fourth-order valence-corrected chi connectivity index (χ4v) is 3.24. The van der Waals surface area contributed by atoms with Gasteiger partial charge in [0.25, 0.3) is 0 Å². The van der Waals surface area contributed by atoms with Crippen LogP contribution in [0.3, 0.4) is 0 Å². The number of thioether (sulfide) groups is 1. The molecule has 0 amide bonds. The summed E-state index contributed by atoms with van der Waals surface area (Å²) in [5.74, 6) is 0.227. The molecule has 2 heterocycles. The van der Waals surface area contributed by atoms with E-state index >= 15 is 0 Å². The molecule has 0 saturated carbocycles. The zero-order valence-electron chi connectivity index (χ0n) is 12.1. The van der Waals surface area contributed by atoms with E-state index in [9.17, 15) is 4.79 Å². The van der Waals surface area contributed by atoms with Crippen molar-refractivity contribution in [3.63, 3.8) is 0 Å². The Bertz CT molecular complexity index is 623. The van der Waals surface area contributed by atoms with Crippen molar-refractivity contribution < 1.29 is 9.90 Å². The summed E-state index contributed by atoms with van der Waals surface area (Å²) >= 11 is 2.48. The summed E-state index contributed by atoms with van der Waals surface area (Å²) in [6, 6.07) is 0. The fraction of sp³-hybridized carbons (Fsp3) is 0.583. The van der Waals surface area contributed by atoms with E-state index in [0.717, 1.165) is 29.4 Å². The summed E-state index contributed by atoms with van der Waals surface area (Å²) in [5.41, 5.74) is 0.896. The van der Waals surface area contributed by atoms with E-state index in [1.165, 1.54) is 23.3 Å². The molecule has 0 radical (unpaired) electrons. The highest BCUT2D eigenvalue weighted by molar-refractivity contribution is 7.99. The maximum atomic E-state index is 10.7. The monoisotopic (exact) mass is 327 g/mol. The molecule has 7 nitrogen and oxygen atoms in total. The molecule has 0 saturated heterocycles. The van der Waals surface area contributed by atoms with Crippen molar-refractivity contribution in [2.45, 2.75) is 38.9 Å². The minimum atomic E-state index is -0.866. The highest BCUT2D eigenvalue weighted by Crippen LogP contribution is 2.29. The first-order valence-corrected chi connectivity index (χ1v) is 8.38. The number of hydrogen-bond acceptors (Lipinski definition) is 7. The van der Waals surface area contributed by atoms with Gasteiger partial charge in [0.15, 0.2) is 11.0 Å². The Morgan fingerprint density at radius 2 is 2.14 bits per heavy atom. The summed E-state index contributed by atoms with van der Waals surface area (Å²) in [6.45, 7) is 6.94. The largest absolute Gasteiger partial charge is 0.481 e. The van der Waals surface area contributed by atoms with Crippen LogP contribution in [-0.2, 0) is 17.8 Å². The maximum Gasteiger partial charge on any atom is 0.313 e. The van der Waals surface area contributed by atoms with Crippen LogP contribution in [0.2, 0.25) is 0 Å². The van der Waals surface area contributed by atoms with Crippen molar-refractivity contribution in [1.29, 1.82) is 0 Å². The van der Waals surface area contributed by atoms with Gasteiger partial charge < -0.3 is 9.67 Å². The quantitative estimate of drug-likeness (QED) is 0.779. The van der Waals surface area contributed by atoms with Crippen molar-refractivity contribution in [1.82, 2.24) is 24.4 Å². The number of aliphatic carboxylic acids is 1. The molecule has 114 valence electrons. The third kappa shape index (κ3) is 3.79. The van der Waals surface area contributed by atoms with Crippen LogP contribution < -0.4 is 0 Å². The Balaban J connectivity index is 2.38. The number of nitrogens with zero attached hydrogens (tertiary/aromatic N) is 5. The van der Waals surface area contributed by atoms with Gasteiger partial charge >= 0.3 is 5.97 Å². The van der Waals surface area contributed by atoms with Crippen molar-refractivity contribution >= 4 is 29.3 Å². The van der Waals surface area contributed by atoms with Gasteiger partial charge in [0.2, 0.25) is 0 Å². The molecular formula is C12H17N5O2S2. The molecule has 0 unspecified atom stereocenters. The zero-order valence-corrected chi connectivity index (χ0v) is 13.7. The first-order valence-electron chi connectivity index (χ1n) is 6.62. The molecule has 2 rings (SSSR count). The van der Waals surface area contributed by atoms with Crippen LogP contribution in [0.1, 0.15) is 26.5 Å². The molecule has 0 spiro atoms. The van der Waals surface area contributed by atoms with Crippen molar-refractivity contribution in [3.05, 3.63) is 5.69 Å². The van der Waals surface area contributed by atoms with Crippen molar-refractivity contribution in [3.8, 4) is 10.7 Å². The fourth-order valence-electron chi connectivity index (χ4n) is 1.83. The lowest BCUT2D eigenvalue weighted by molar-refractivity contribution is -0.133. The topological polar surface area (TPSA) is 93.8 Å². The van der Waals surface area contributed by atoms with E-state index in [4.69, 9.17) is 5.11 Å². The summed E-state index contributed by atoms with van der Waals surface area (Å²) < 4.78 is 5.95. The molecule has 9 heteroatoms. The second-order valence-electron chi connectivity index (χ2n) is 4.90. The van der Waals surface area contributed by atoms with Gasteiger partial charge in [0.05, 0.1) is 11.4 Å². The number of aryl methyl sites for hydroxylation is 1. The smallest absolute Gasteiger partial charge is 0.313 e. The Kier molecular flexibility index (Phi) is 5.29. The Labute approximate surface area is 131 Å². The lowest BCUT2D eigenvalue weighted by Gasteiger charge is -2.11. The zero-order chi connectivity index (χ0) is 15.4. The Hall–Kier alpha value is -1.48. The van der Waals surface area contributed by atoms with E-state index in [-0.39, 0.29) is 5.75 Å². The summed E-state index contributed by atoms with van der Waals surface area (Å²) in [4.78, 5) is 11.7. The first-order chi connectivity index (χ1) is 10.0. The number of aromatic nitrogens is 5. The molecule has 21 heavy (non-hydrogen) atoms. The molecule has 0 bridgehead atoms. The van der Waals surface area contributed by atoms with Crippen LogP contribution in [0.25, 0.3) is 10.7 Å². The molecule has 0 aliphatic carbocycles. The summed E-state index contributed by atoms with van der Waals surface area (Å²) in [7, 11) is 0. The van der Waals surface area contributed by atoms with E-state index < -0.39 is 5.97 Å². The van der Waals surface area contributed by atoms with E-state index in [0.29, 0.717) is 11.1 Å². The third-order valence-electron chi connectivity index (χ3n) is 2.68. The SMILES string of the molecule is CCc1nnsc1-c1nnc(SCC(=O)O)n1CC(C)C. The number of carboxylic acids is 1. The lowest BCUT2D eigenvalue weighted by atomic mass is 10.2. The molecule has 0 aromatic carbocycles. The van der Waals surface area contributed by atoms with E-state index in [2.05, 4.69) is 33.6 Å². The van der Waals surface area contributed by atoms with Crippen LogP contribution in [0.15, 0.2) is 5.16 Å². The first kappa shape index (κ1) is 15.9. The molecule has 0 atom stereocenters. The average molecular weight is 327 g/mol. The molecule has 0 aliphatic rings. The van der Waals surface area contributed by atoms with Gasteiger partial charge in [-0.2, -0.15) is 0 Å². The third-order valence-corrected chi connectivity index (χ3v) is 4.40. The van der Waals surface area contributed by atoms with Crippen LogP contribution in [0.4, 0.5) is 0 Å². The molecule has 2 aromatic heterocycles. The summed E-state index contributed by atoms with van der Waals surface area (Å²) in [5, 5.41) is 21.9. The number of carbonyl (C=O) groups is 1. The van der Waals surface area contributed by atoms with Gasteiger partial charge in [-0.3, -0.25) is 4.79 Å². The van der Waals surface area contributed by atoms with Crippen LogP contribution >= 0.6 is 23.3 Å². The number of carboxylic acid groups (broad SMARTS) is 1. The van der Waals surface area contributed by atoms with E-state index in [1.54, 1.807) is 0 Å². The van der Waals surface area contributed by atoms with Crippen LogP contribution in [-0.4, -0.2) is 41.2 Å². The van der Waals surface area contributed by atoms with Gasteiger partial charge in [-0.1, -0.05) is 37.0 Å². The van der Waals surface area contributed by atoms with Crippen molar-refractivity contribution in [2.24, 2.45) is 5.92 Å². The van der Waals surface area contributed by atoms with Gasteiger partial charge in [-0.05, 0) is 23.9 Å². The lowest BCUT2D eigenvalue weighted by Crippen LogP contribution is -2.09. The van der Waals surface area contributed by atoms with E-state index in [1.807, 2.05) is 11.5 Å². The molecule has 1 N–H and O–H groups in total. The minimum absolute atomic E-state index is 0.0300. The average Bonchev–Trinajstić information content (AvgIpc) is 3.01. The molecule has 0 fully saturated rings. The highest BCUT2D eigenvalue weighted by Gasteiger charge is 2.20. The van der Waals surface area contributed by atoms with Gasteiger partial charge in [0.1, 0.15) is 4.88 Å². The minimum Gasteiger partial charge on any atom is -0.481 e. The second kappa shape index (κ2) is 6.99. The molecular weight excluding hydrogens is 310 g/mol. The Morgan fingerprint density at radius 3 is 2.76 bits per heavy atom. The number of hydrogen-bond donors (Lipinski definition) is 1. The summed E-state index contributed by atoms with van der Waals surface area (Å²) in [6.07, 6.45) is 0.776. The van der Waals surface area contributed by atoms with Gasteiger partial charge in [-0.25, -0.2) is 0 Å². The van der Waals surface area contributed by atoms with Gasteiger partial charge in [0, 0.05) is 6.54 Å². The number of rotatable bonds is 7. The predicted octanol–water partition coefficient (Wildman–Crippen LogP) is 2.19. The van der Waals surface area contributed by atoms with Gasteiger partial charge in [-0.15, -0.1) is 15.3 Å². The van der Waals surface area contributed by atoms with Crippen LogP contribution in [0, 0.1) is 5.92 Å². The standard InChI is InChI=1S/C12H17N5O2S2/c1-4-8-10(21-16-13-8)11-14-15-12(20-6-9(18)19)17(11)5-7(2)3/h7H,4-6H2,1-3H3,(H,18,19). The highest BCUT2D eigenvalue weighted by atomic mass is 32.2. The predicted molar refractivity (Wildman–Crippen MR) is 81.5 cm³/mol. The van der Waals surface area contributed by atoms with Crippen LogP contribution in [0.5, 0.6) is 0 Å². The normalized spacial score (nSPS) is 11.2. The maximum absolute atomic E-state index is 10.7. The Morgan fingerprint density at radius 1 is 1.38 bits per heavy atom. The molecule has 2 aromatic rings. The van der Waals surface area contributed by atoms with Crippen molar-refractivity contribution in [2.75, 3.05) is 5.75 Å². The second-order valence-corrected chi connectivity index (χ2v) is 6.59. The molecule has 0 aliphatic heterocycles.